The number of nitrogens with zero attached hydrogens (tertiary/aromatic N) is 5. The van der Waals surface area contributed by atoms with Gasteiger partial charge in [-0.1, -0.05) is 77.7 Å². The molecule has 2 aliphatic rings. The highest BCUT2D eigenvalue weighted by Crippen LogP contribution is 2.44. The van der Waals surface area contributed by atoms with Crippen molar-refractivity contribution in [3.05, 3.63) is 94.5 Å². The van der Waals surface area contributed by atoms with Crippen molar-refractivity contribution >= 4 is 51.7 Å². The third kappa shape index (κ3) is 5.52. The van der Waals surface area contributed by atoms with Gasteiger partial charge in [0.05, 0.1) is 28.6 Å². The number of thioether (sulfide) groups is 1. The number of carbonyl (C=O) groups is 2. The highest BCUT2D eigenvalue weighted by atomic mass is 32.2. The fourth-order valence-electron chi connectivity index (χ4n) is 4.67. The predicted octanol–water partition coefficient (Wildman–Crippen LogP) is 4.99. The number of anilines is 2. The van der Waals surface area contributed by atoms with Crippen molar-refractivity contribution in [2.24, 2.45) is 11.7 Å². The van der Waals surface area contributed by atoms with Gasteiger partial charge in [-0.2, -0.15) is 10.5 Å². The maximum Gasteiger partial charge on any atom is 0.234 e. The molecule has 0 fully saturated rings. The third-order valence-corrected chi connectivity index (χ3v) is 8.52. The number of carbonyl (C=O) groups excluding carboxylic acids is 2. The molecule has 1 aliphatic carbocycles. The Bertz CT molecular complexity index is 1640. The van der Waals surface area contributed by atoms with Crippen LogP contribution in [0.5, 0.6) is 0 Å². The average Bonchev–Trinajstić information content (AvgIpc) is 3.44. The number of rotatable bonds is 7. The molecule has 0 spiro atoms. The van der Waals surface area contributed by atoms with Crippen molar-refractivity contribution in [1.82, 2.24) is 10.2 Å². The molecule has 0 saturated carbocycles. The van der Waals surface area contributed by atoms with Crippen LogP contribution in [0.2, 0.25) is 0 Å². The number of ketones is 1. The average molecular weight is 566 g/mol. The summed E-state index contributed by atoms with van der Waals surface area (Å²) in [4.78, 5) is 27.4. The molecule has 1 atom stereocenters. The lowest BCUT2D eigenvalue weighted by Crippen LogP contribution is -2.39. The molecule has 40 heavy (non-hydrogen) atoms. The predicted molar refractivity (Wildman–Crippen MR) is 155 cm³/mol. The van der Waals surface area contributed by atoms with Gasteiger partial charge in [0.15, 0.2) is 10.1 Å². The van der Waals surface area contributed by atoms with Crippen molar-refractivity contribution < 1.29 is 9.59 Å². The van der Waals surface area contributed by atoms with Crippen molar-refractivity contribution in [3.63, 3.8) is 0 Å². The normalized spacial score (nSPS) is 17.0. The summed E-state index contributed by atoms with van der Waals surface area (Å²) < 4.78 is 0.528. The Balaban J connectivity index is 1.39. The molecule has 5 rings (SSSR count). The van der Waals surface area contributed by atoms with Crippen LogP contribution in [0.3, 0.4) is 0 Å². The first kappa shape index (κ1) is 26.9. The van der Waals surface area contributed by atoms with E-state index in [1.54, 1.807) is 29.2 Å². The third-order valence-electron chi connectivity index (χ3n) is 6.47. The first-order chi connectivity index (χ1) is 19.5. The molecule has 198 valence electrons. The molecule has 11 heteroatoms. The Labute approximate surface area is 239 Å². The lowest BCUT2D eigenvalue weighted by atomic mass is 9.79. The Morgan fingerprint density at radius 1 is 1.12 bits per heavy atom. The standard InChI is InChI=1S/C29H23N7O2S2/c30-15-19-9-4-5-10-22(19)33-25(38)17-39-29-35-34-28(40-29)36-23-11-6-12-24(37)26(23)20(21(16-31)27(36)32)14-13-18-7-2-1-3-8-18/h1-5,7-10,13-14,20H,6,11-12,17,32H2,(H,33,38)/b14-13+. The van der Waals surface area contributed by atoms with E-state index in [1.165, 1.54) is 23.1 Å². The zero-order valence-corrected chi connectivity index (χ0v) is 22.8. The molecule has 2 heterocycles. The van der Waals surface area contributed by atoms with Crippen molar-refractivity contribution in [2.45, 2.75) is 23.6 Å². The minimum absolute atomic E-state index is 0.0114. The van der Waals surface area contributed by atoms with Crippen LogP contribution in [0.25, 0.3) is 6.08 Å². The van der Waals surface area contributed by atoms with Gasteiger partial charge >= 0.3 is 0 Å². The minimum Gasteiger partial charge on any atom is -0.384 e. The van der Waals surface area contributed by atoms with Gasteiger partial charge in [0.2, 0.25) is 11.0 Å². The Morgan fingerprint density at radius 2 is 1.90 bits per heavy atom. The van der Waals surface area contributed by atoms with Gasteiger partial charge in [-0.3, -0.25) is 14.5 Å². The molecule has 1 aliphatic heterocycles. The lowest BCUT2D eigenvalue weighted by molar-refractivity contribution is -0.116. The summed E-state index contributed by atoms with van der Waals surface area (Å²) in [5.41, 5.74) is 9.92. The molecule has 0 radical (unpaired) electrons. The second kappa shape index (κ2) is 12.0. The van der Waals surface area contributed by atoms with Crippen LogP contribution < -0.4 is 16.0 Å². The Hall–Kier alpha value is -4.71. The number of aromatic nitrogens is 2. The second-order valence-electron chi connectivity index (χ2n) is 8.98. The van der Waals surface area contributed by atoms with Crippen LogP contribution in [-0.2, 0) is 9.59 Å². The fourth-order valence-corrected chi connectivity index (χ4v) is 6.35. The van der Waals surface area contributed by atoms with Crippen molar-refractivity contribution in [3.8, 4) is 12.1 Å². The highest BCUT2D eigenvalue weighted by Gasteiger charge is 2.39. The summed E-state index contributed by atoms with van der Waals surface area (Å²) in [5, 5.41) is 31.0. The molecular formula is C29H23N7O2S2. The molecule has 3 aromatic rings. The minimum atomic E-state index is -0.550. The van der Waals surface area contributed by atoms with Gasteiger partial charge in [-0.15, -0.1) is 10.2 Å². The van der Waals surface area contributed by atoms with Crippen LogP contribution in [-0.4, -0.2) is 27.6 Å². The molecule has 2 aromatic carbocycles. The van der Waals surface area contributed by atoms with E-state index in [9.17, 15) is 20.1 Å². The summed E-state index contributed by atoms with van der Waals surface area (Å²) in [6.07, 6.45) is 5.45. The number of hydrogen-bond donors (Lipinski definition) is 2. The Kier molecular flexibility index (Phi) is 8.06. The number of hydrogen-bond acceptors (Lipinski definition) is 10. The van der Waals surface area contributed by atoms with E-state index in [1.807, 2.05) is 42.5 Å². The van der Waals surface area contributed by atoms with Gasteiger partial charge in [0.1, 0.15) is 11.9 Å². The maximum absolute atomic E-state index is 13.2. The fraction of sp³-hybridized carbons (Fsp3) is 0.172. The van der Waals surface area contributed by atoms with Crippen LogP contribution in [0, 0.1) is 28.6 Å². The van der Waals surface area contributed by atoms with E-state index >= 15 is 0 Å². The number of benzene rings is 2. The number of nitriles is 2. The Morgan fingerprint density at radius 3 is 2.67 bits per heavy atom. The van der Waals surface area contributed by atoms with E-state index < -0.39 is 5.92 Å². The van der Waals surface area contributed by atoms with Gasteiger partial charge in [-0.05, 0) is 30.5 Å². The van der Waals surface area contributed by atoms with Crippen molar-refractivity contribution in [1.29, 1.82) is 10.5 Å². The number of nitrogens with two attached hydrogens (primary N) is 1. The number of amides is 1. The van der Waals surface area contributed by atoms with Gasteiger partial charge < -0.3 is 11.1 Å². The largest absolute Gasteiger partial charge is 0.384 e. The smallest absolute Gasteiger partial charge is 0.234 e. The molecule has 9 nitrogen and oxygen atoms in total. The maximum atomic E-state index is 13.2. The molecule has 3 N–H and O–H groups in total. The monoisotopic (exact) mass is 565 g/mol. The lowest BCUT2D eigenvalue weighted by Gasteiger charge is -2.37. The first-order valence-electron chi connectivity index (χ1n) is 12.4. The zero-order chi connectivity index (χ0) is 28.1. The summed E-state index contributed by atoms with van der Waals surface area (Å²) in [6.45, 7) is 0. The summed E-state index contributed by atoms with van der Waals surface area (Å²) >= 11 is 2.42. The number of allylic oxidation sites excluding steroid dienone is 4. The van der Waals surface area contributed by atoms with Gasteiger partial charge in [0.25, 0.3) is 0 Å². The molecule has 1 unspecified atom stereocenters. The topological polar surface area (TPSA) is 149 Å². The summed E-state index contributed by atoms with van der Waals surface area (Å²) in [5.74, 6) is -0.572. The molecule has 0 saturated heterocycles. The number of para-hydroxylation sites is 1. The van der Waals surface area contributed by atoms with E-state index in [0.717, 1.165) is 11.3 Å². The van der Waals surface area contributed by atoms with Crippen LogP contribution in [0.15, 0.2) is 87.7 Å². The number of Topliss-reactive ketones (excluding diaryl/α,β-unsaturated/α-hetero) is 1. The van der Waals surface area contributed by atoms with E-state index in [2.05, 4.69) is 27.7 Å². The molecular weight excluding hydrogens is 543 g/mol. The van der Waals surface area contributed by atoms with Gasteiger partial charge in [0, 0.05) is 23.6 Å². The van der Waals surface area contributed by atoms with Crippen LogP contribution in [0.1, 0.15) is 30.4 Å². The molecule has 0 bridgehead atoms. The zero-order valence-electron chi connectivity index (χ0n) is 21.2. The van der Waals surface area contributed by atoms with E-state index in [4.69, 9.17) is 5.73 Å². The summed E-state index contributed by atoms with van der Waals surface area (Å²) in [6, 6.07) is 20.7. The number of nitrogens with one attached hydrogen (secondary N) is 1. The van der Waals surface area contributed by atoms with Crippen LogP contribution in [0.4, 0.5) is 10.8 Å². The van der Waals surface area contributed by atoms with E-state index in [-0.39, 0.29) is 28.8 Å². The van der Waals surface area contributed by atoms with Gasteiger partial charge in [-0.25, -0.2) is 0 Å². The molecule has 1 amide bonds. The second-order valence-corrected chi connectivity index (χ2v) is 11.2. The first-order valence-corrected chi connectivity index (χ1v) is 14.2. The van der Waals surface area contributed by atoms with Crippen LogP contribution >= 0.6 is 23.1 Å². The summed E-state index contributed by atoms with van der Waals surface area (Å²) in [7, 11) is 0. The van der Waals surface area contributed by atoms with Crippen molar-refractivity contribution in [2.75, 3.05) is 16.0 Å². The SMILES string of the molecule is N#CC1=C(N)N(c2nnc(SCC(=O)Nc3ccccc3C#N)s2)C2=C(C(=O)CCC2)C1/C=C/c1ccccc1. The quantitative estimate of drug-likeness (QED) is 0.378. The molecule has 1 aromatic heterocycles. The van der Waals surface area contributed by atoms with E-state index in [0.29, 0.717) is 45.6 Å². The highest BCUT2D eigenvalue weighted by molar-refractivity contribution is 8.01.